The van der Waals surface area contributed by atoms with Gasteiger partial charge in [-0.15, -0.1) is 0 Å². The number of nitrogens with zero attached hydrogens (tertiary/aromatic N) is 9. The highest BCUT2D eigenvalue weighted by molar-refractivity contribution is 8.07. The maximum atomic E-state index is 14.2. The van der Waals surface area contributed by atoms with Gasteiger partial charge in [-0.3, -0.25) is 32.7 Å². The minimum Gasteiger partial charge on any atom is -0.415 e. The number of ether oxygens (including phenoxy) is 2. The van der Waals surface area contributed by atoms with Crippen LogP contribution in [0.15, 0.2) is 60.3 Å². The van der Waals surface area contributed by atoms with Crippen molar-refractivity contribution >= 4 is 95.9 Å². The molecule has 2 bridgehead atoms. The summed E-state index contributed by atoms with van der Waals surface area (Å²) in [5.41, 5.74) is 1.80. The minimum atomic E-state index is -4.32. The summed E-state index contributed by atoms with van der Waals surface area (Å²) in [6, 6.07) is 11.2. The molecule has 0 radical (unpaired) electrons. The molecule has 2 unspecified atom stereocenters. The van der Waals surface area contributed by atoms with Gasteiger partial charge in [0.2, 0.25) is 0 Å². The zero-order valence-electron chi connectivity index (χ0n) is 50.3. The van der Waals surface area contributed by atoms with Crippen LogP contribution in [0.5, 0.6) is 0 Å². The van der Waals surface area contributed by atoms with Crippen LogP contribution in [0.4, 0.5) is 5.82 Å². The Morgan fingerprint density at radius 2 is 1.43 bits per heavy atom. The average molecular weight is 1270 g/mol. The van der Waals surface area contributed by atoms with Crippen molar-refractivity contribution in [3.8, 4) is 6.07 Å². The van der Waals surface area contributed by atoms with Gasteiger partial charge in [-0.1, -0.05) is 80.5 Å². The topological polar surface area (TPSA) is 240 Å². The van der Waals surface area contributed by atoms with Crippen molar-refractivity contribution in [1.29, 1.82) is 5.26 Å². The molecular weight excluding hydrogens is 1190 g/mol. The van der Waals surface area contributed by atoms with Gasteiger partial charge < -0.3 is 45.8 Å². The molecule has 83 heavy (non-hydrogen) atoms. The number of amides is 1. The van der Waals surface area contributed by atoms with Gasteiger partial charge in [0.1, 0.15) is 60.7 Å². The summed E-state index contributed by atoms with van der Waals surface area (Å²) in [5, 5.41) is 9.82. The minimum absolute atomic E-state index is 0.0223. The van der Waals surface area contributed by atoms with Gasteiger partial charge in [0.25, 0.3) is 11.5 Å². The van der Waals surface area contributed by atoms with Crippen LogP contribution in [0.2, 0.25) is 54.4 Å². The predicted molar refractivity (Wildman–Crippen MR) is 329 cm³/mol. The molecule has 4 aliphatic heterocycles. The zero-order valence-corrected chi connectivity index (χ0v) is 56.7. The normalized spacial score (nSPS) is 27.9. The van der Waals surface area contributed by atoms with Crippen LogP contribution >= 0.6 is 13.4 Å². The third-order valence-corrected chi connectivity index (χ3v) is 34.9. The Balaban J connectivity index is 1.12. The summed E-state index contributed by atoms with van der Waals surface area (Å²) in [4.78, 5) is 61.5. The van der Waals surface area contributed by atoms with Gasteiger partial charge in [-0.2, -0.15) is 5.26 Å². The first-order valence-electron chi connectivity index (χ1n) is 28.2. The molecule has 9 rings (SSSR count). The molecule has 0 saturated carbocycles. The molecule has 10 atom stereocenters. The first kappa shape index (κ1) is 64.1. The van der Waals surface area contributed by atoms with Gasteiger partial charge in [0.05, 0.1) is 50.6 Å². The molecule has 4 aromatic heterocycles. The summed E-state index contributed by atoms with van der Waals surface area (Å²) in [6.45, 7) is 23.6. The van der Waals surface area contributed by atoms with E-state index in [0.717, 1.165) is 5.56 Å². The molecule has 0 aliphatic carbocycles. The lowest BCUT2D eigenvalue weighted by Gasteiger charge is -2.41. The third kappa shape index (κ3) is 13.3. The Hall–Kier alpha value is -3.34. The van der Waals surface area contributed by atoms with Crippen molar-refractivity contribution in [3.63, 3.8) is 0 Å². The van der Waals surface area contributed by atoms with Crippen molar-refractivity contribution in [2.75, 3.05) is 37.9 Å². The number of hydrogen-bond donors (Lipinski definition) is 1. The highest BCUT2D eigenvalue weighted by atomic mass is 32.5. The summed E-state index contributed by atoms with van der Waals surface area (Å²) >= 11 is 12.4. The zero-order chi connectivity index (χ0) is 60.5. The van der Waals surface area contributed by atoms with Gasteiger partial charge in [-0.05, 0) is 109 Å². The number of aryl methyl sites for hydroxylation is 1. The van der Waals surface area contributed by atoms with E-state index in [1.54, 1.807) is 21.6 Å². The highest BCUT2D eigenvalue weighted by Crippen LogP contribution is 2.59. The Bertz CT molecular complexity index is 3400. The first-order chi connectivity index (χ1) is 38.7. The molecule has 29 heteroatoms. The maximum Gasteiger partial charge on any atom is 0.327 e. The SMILES string of the molecule is CC(C)(C)[Si](C)(C)OCCn1cnc2c(ncn2[C@@H]2O[C@@H]3COP(O)(=S)O[C@H]4[C@@H](O[Si](C)(C)C(C)(C)C)[C@H](n5cc6c7c(ncnc75)N(C(=O)c5ccccc5)CCC6)O[C@@H]4COP(=S)(OCCC#N)O[C@@H]2[C@@H]3O[Si](C)(C)C(C)(C)C)c1=O. The number of carbonyl (C=O) groups is 1. The Morgan fingerprint density at radius 1 is 0.783 bits per heavy atom. The number of imidazole rings is 1. The molecule has 3 saturated heterocycles. The molecule has 1 aromatic carbocycles. The summed E-state index contributed by atoms with van der Waals surface area (Å²) in [6.07, 6.45) is -1.09. The summed E-state index contributed by atoms with van der Waals surface area (Å²) in [7, 11) is -7.66. The molecule has 22 nitrogen and oxygen atoms in total. The van der Waals surface area contributed by atoms with Crippen LogP contribution in [0.25, 0.3) is 22.2 Å². The van der Waals surface area contributed by atoms with Crippen molar-refractivity contribution < 1.29 is 55.1 Å². The monoisotopic (exact) mass is 1270 g/mol. The van der Waals surface area contributed by atoms with E-state index < -0.39 is 87.5 Å². The van der Waals surface area contributed by atoms with E-state index in [0.29, 0.717) is 48.4 Å². The summed E-state index contributed by atoms with van der Waals surface area (Å²) < 4.78 is 73.6. The van der Waals surface area contributed by atoms with Crippen LogP contribution in [-0.2, 0) is 81.9 Å². The van der Waals surface area contributed by atoms with Gasteiger partial charge in [0, 0.05) is 24.8 Å². The molecule has 5 aromatic rings. The van der Waals surface area contributed by atoms with Crippen molar-refractivity contribution in [3.05, 3.63) is 77.0 Å². The van der Waals surface area contributed by atoms with Crippen molar-refractivity contribution in [2.24, 2.45) is 0 Å². The first-order valence-corrected chi connectivity index (χ1v) is 42.1. The number of aromatic nitrogens is 7. The van der Waals surface area contributed by atoms with E-state index in [1.807, 2.05) is 29.0 Å². The van der Waals surface area contributed by atoms with Crippen LogP contribution < -0.4 is 10.5 Å². The lowest BCUT2D eigenvalue weighted by atomic mass is 10.1. The molecule has 4 aliphatic rings. The molecule has 1 N–H and O–H groups in total. The third-order valence-electron chi connectivity index (χ3n) is 17.5. The fourth-order valence-corrected chi connectivity index (χ4v) is 16.9. The fourth-order valence-electron chi connectivity index (χ4n) is 9.75. The molecule has 0 spiro atoms. The smallest absolute Gasteiger partial charge is 0.327 e. The van der Waals surface area contributed by atoms with Crippen LogP contribution in [-0.4, -0.2) is 139 Å². The quantitative estimate of drug-likeness (QED) is 0.0617. The fraction of sp³-hybridized carbons (Fsp3) is 0.648. The number of rotatable bonds is 14. The molecular formula is C54H81N9O13P2S2Si3. The van der Waals surface area contributed by atoms with E-state index in [-0.39, 0.29) is 70.5 Å². The van der Waals surface area contributed by atoms with E-state index in [1.165, 1.54) is 23.5 Å². The van der Waals surface area contributed by atoms with Crippen LogP contribution in [0, 0.1) is 11.3 Å². The summed E-state index contributed by atoms with van der Waals surface area (Å²) in [5.74, 6) is 0.278. The molecule has 454 valence electrons. The average Bonchev–Trinajstić information content (AvgIpc) is 1.94. The highest BCUT2D eigenvalue weighted by Gasteiger charge is 2.58. The Morgan fingerprint density at radius 3 is 2.10 bits per heavy atom. The van der Waals surface area contributed by atoms with Crippen molar-refractivity contribution in [2.45, 2.75) is 192 Å². The van der Waals surface area contributed by atoms with E-state index >= 15 is 0 Å². The second kappa shape index (κ2) is 24.0. The Kier molecular flexibility index (Phi) is 18.5. The molecule has 8 heterocycles. The molecule has 1 amide bonds. The number of hydrogen-bond acceptors (Lipinski definition) is 19. The standard InChI is InChI=1S/C54H81N9O13P2S2Si3/c1-52(2,3)81(10,11)70-28-26-60-33-59-47-40(49(60)65)58-34-63(47)50-43-42(75-82(12,13)53(4,5)6)38(72-50)30-68-77(66,79)73-41-37(31-69-78(80,74-43)67-27-20-24-55)71-51(44(41)76-83(14,15)54(7,8)9)62-29-36-23-19-25-61(45-39(36)46(62)57-32-56-45)48(64)35-21-17-16-18-22-35/h16-18,21-22,29,32-34,37-38,41-44,50-51H,19-20,23,25-28,30-31H2,1-15H3,(H,66,79)/t37-,38-,41-,42-,43-,44-,50-,51-,77?,78?/m1/s1. The number of benzene rings is 1. The second-order valence-corrected chi connectivity index (χ2v) is 46.3. The van der Waals surface area contributed by atoms with E-state index in [4.69, 9.17) is 83.9 Å². The van der Waals surface area contributed by atoms with E-state index in [2.05, 4.69) is 113 Å². The van der Waals surface area contributed by atoms with E-state index in [9.17, 15) is 19.7 Å². The maximum absolute atomic E-state index is 14.2. The van der Waals surface area contributed by atoms with Gasteiger partial charge in [-0.25, -0.2) is 19.9 Å². The Labute approximate surface area is 499 Å². The lowest BCUT2D eigenvalue weighted by Crippen LogP contribution is -2.50. The van der Waals surface area contributed by atoms with Crippen molar-refractivity contribution in [1.82, 2.24) is 33.6 Å². The van der Waals surface area contributed by atoms with Crippen LogP contribution in [0.3, 0.4) is 0 Å². The number of anilines is 1. The molecule has 3 fully saturated rings. The lowest BCUT2D eigenvalue weighted by molar-refractivity contribution is -0.0619. The van der Waals surface area contributed by atoms with Gasteiger partial charge in [0.15, 0.2) is 48.6 Å². The predicted octanol–water partition coefficient (Wildman–Crippen LogP) is 10.4. The number of carbonyl (C=O) groups excluding carboxylic acids is 1. The second-order valence-electron chi connectivity index (χ2n) is 26.3. The largest absolute Gasteiger partial charge is 0.415 e. The van der Waals surface area contributed by atoms with Gasteiger partial charge >= 0.3 is 13.4 Å². The van der Waals surface area contributed by atoms with Crippen LogP contribution in [0.1, 0.15) is 104 Å². The number of nitriles is 1. The number of fused-ring (bicyclic) bond motifs is 4.